The van der Waals surface area contributed by atoms with Gasteiger partial charge in [-0.15, -0.1) is 35.7 Å². The molecule has 4 aromatic carbocycles. The number of pyridine rings is 1. The molecule has 7 rings (SSSR count). The van der Waals surface area contributed by atoms with Gasteiger partial charge in [-0.3, -0.25) is 4.68 Å². The topological polar surface area (TPSA) is 44.9 Å². The molecule has 3 heterocycles. The largest absolute Gasteiger partial charge is 2.00 e. The minimum atomic E-state index is 0. The molecule has 214 valence electrons. The maximum absolute atomic E-state index is 8.23. The summed E-state index contributed by atoms with van der Waals surface area (Å²) in [7, 11) is 0. The molecule has 0 unspecified atom stereocenters. The molecule has 7 aromatic rings. The number of para-hydroxylation sites is 1. The van der Waals surface area contributed by atoms with Gasteiger partial charge in [-0.2, -0.15) is 16.7 Å². The van der Waals surface area contributed by atoms with Gasteiger partial charge in [0.2, 0.25) is 0 Å². The number of benzene rings is 4. The van der Waals surface area contributed by atoms with Crippen LogP contribution in [0.1, 0.15) is 30.8 Å². The van der Waals surface area contributed by atoms with E-state index in [1.165, 1.54) is 0 Å². The van der Waals surface area contributed by atoms with Crippen molar-refractivity contribution in [3.63, 3.8) is 0 Å². The van der Waals surface area contributed by atoms with E-state index in [4.69, 9.17) is 11.2 Å². The summed E-state index contributed by atoms with van der Waals surface area (Å²) in [6.07, 6.45) is 2.66. The zero-order valence-electron chi connectivity index (χ0n) is 25.4. The van der Waals surface area contributed by atoms with Gasteiger partial charge in [0.25, 0.3) is 0 Å². The van der Waals surface area contributed by atoms with E-state index in [1.54, 1.807) is 6.07 Å². The number of aromatic nitrogens is 4. The number of ether oxygens (including phenoxy) is 1. The van der Waals surface area contributed by atoms with Crippen molar-refractivity contribution in [1.82, 2.24) is 19.3 Å². The first-order chi connectivity index (χ1) is 20.9. The van der Waals surface area contributed by atoms with Crippen LogP contribution in [0.3, 0.4) is 0 Å². The van der Waals surface area contributed by atoms with Crippen LogP contribution in [0.2, 0.25) is 0 Å². The molecule has 6 heteroatoms. The minimum Gasteiger partial charge on any atom is -0.509 e. The molecule has 0 saturated heterocycles. The smallest absolute Gasteiger partial charge is 0.509 e. The van der Waals surface area contributed by atoms with Crippen LogP contribution >= 0.6 is 0 Å². The molecule has 0 aliphatic rings. The van der Waals surface area contributed by atoms with E-state index >= 15 is 0 Å². The van der Waals surface area contributed by atoms with E-state index in [1.807, 2.05) is 60.3 Å². The van der Waals surface area contributed by atoms with Crippen molar-refractivity contribution in [2.24, 2.45) is 0 Å². The van der Waals surface area contributed by atoms with Gasteiger partial charge in [0.05, 0.1) is 7.06 Å². The molecule has 0 saturated carbocycles. The van der Waals surface area contributed by atoms with Crippen molar-refractivity contribution in [1.29, 1.82) is 0 Å². The fourth-order valence-electron chi connectivity index (χ4n) is 5.73. The van der Waals surface area contributed by atoms with Gasteiger partial charge >= 0.3 is 21.1 Å². The first-order valence-electron chi connectivity index (χ1n) is 14.7. The molecule has 0 aliphatic carbocycles. The van der Waals surface area contributed by atoms with E-state index in [2.05, 4.69) is 78.9 Å². The van der Waals surface area contributed by atoms with Crippen LogP contribution in [0.4, 0.5) is 0 Å². The fraction of sp³-hybridized carbons (Fsp3) is 0.135. The number of nitrogens with zero attached hydrogens (tertiary/aromatic N) is 4. The third-order valence-electron chi connectivity index (χ3n) is 7.72. The van der Waals surface area contributed by atoms with Crippen LogP contribution in [0.15, 0.2) is 97.2 Å². The molecule has 5 nitrogen and oxygen atoms in total. The Morgan fingerprint density at radius 3 is 2.49 bits per heavy atom. The number of rotatable bonds is 6. The Labute approximate surface area is 267 Å². The van der Waals surface area contributed by atoms with E-state index in [0.29, 0.717) is 17.5 Å². The van der Waals surface area contributed by atoms with Crippen LogP contribution in [-0.4, -0.2) is 19.3 Å². The number of aryl methyl sites for hydroxylation is 3. The van der Waals surface area contributed by atoms with Crippen LogP contribution < -0.4 is 4.74 Å². The van der Waals surface area contributed by atoms with Crippen LogP contribution in [0, 0.1) is 32.9 Å². The van der Waals surface area contributed by atoms with Gasteiger partial charge in [0.1, 0.15) is 5.82 Å². The van der Waals surface area contributed by atoms with Gasteiger partial charge in [-0.25, -0.2) is 4.98 Å². The number of hydrogen-bond acceptors (Lipinski definition) is 3. The number of hydrogen-bond donors (Lipinski definition) is 0. The van der Waals surface area contributed by atoms with E-state index in [9.17, 15) is 0 Å². The molecular weight excluding hydrogens is 712 g/mol. The second kappa shape index (κ2) is 11.7. The van der Waals surface area contributed by atoms with Crippen molar-refractivity contribution in [2.75, 3.05) is 0 Å². The van der Waals surface area contributed by atoms with E-state index in [-0.39, 0.29) is 21.1 Å². The molecule has 0 N–H and O–H groups in total. The molecule has 0 atom stereocenters. The van der Waals surface area contributed by atoms with Gasteiger partial charge in [-0.05, 0) is 61.2 Å². The van der Waals surface area contributed by atoms with Gasteiger partial charge < -0.3 is 9.30 Å². The summed E-state index contributed by atoms with van der Waals surface area (Å²) in [5.74, 6) is 1.97. The first-order valence-corrected chi connectivity index (χ1v) is 14.2. The quantitative estimate of drug-likeness (QED) is 0.160. The average molecular weight is 743 g/mol. The summed E-state index contributed by atoms with van der Waals surface area (Å²) in [5, 5.41) is 6.87. The minimum absolute atomic E-state index is 0. The van der Waals surface area contributed by atoms with Crippen molar-refractivity contribution in [2.45, 2.75) is 34.1 Å². The normalized spacial score (nSPS) is 11.5. The van der Waals surface area contributed by atoms with Crippen LogP contribution in [0.5, 0.6) is 11.5 Å². The van der Waals surface area contributed by atoms with E-state index < -0.39 is 0 Å². The molecule has 0 bridgehead atoms. The Hall–Kier alpha value is -4.47. The van der Waals surface area contributed by atoms with Crippen molar-refractivity contribution in [3.05, 3.63) is 132 Å². The third-order valence-corrected chi connectivity index (χ3v) is 7.72. The Bertz CT molecular complexity index is 2150. The summed E-state index contributed by atoms with van der Waals surface area (Å²) >= 11 is 0. The second-order valence-electron chi connectivity index (χ2n) is 10.6. The SMILES string of the molecule is [2H]c1ccc2c(c1)c1ccc(Oc3[c-]c(-n4nc(C)c(-c5ccccc5)c4C)cc(CC)c3)[c-]c1n2-c1cc(C)ccn1.[Pt+2]. The van der Waals surface area contributed by atoms with E-state index in [0.717, 1.165) is 73.4 Å². The van der Waals surface area contributed by atoms with Gasteiger partial charge in [0, 0.05) is 34.5 Å². The summed E-state index contributed by atoms with van der Waals surface area (Å²) in [5.41, 5.74) is 9.18. The van der Waals surface area contributed by atoms with Crippen LogP contribution in [0.25, 0.3) is 44.4 Å². The fourth-order valence-corrected chi connectivity index (χ4v) is 5.73. The van der Waals surface area contributed by atoms with Gasteiger partial charge in [-0.1, -0.05) is 67.4 Å². The molecule has 0 radical (unpaired) electrons. The summed E-state index contributed by atoms with van der Waals surface area (Å²) in [4.78, 5) is 4.66. The molecule has 43 heavy (non-hydrogen) atoms. The molecular formula is C37H30N4OPt. The van der Waals surface area contributed by atoms with Gasteiger partial charge in [0.15, 0.2) is 0 Å². The Morgan fingerprint density at radius 2 is 1.70 bits per heavy atom. The van der Waals surface area contributed by atoms with Crippen molar-refractivity contribution < 1.29 is 27.2 Å². The summed E-state index contributed by atoms with van der Waals surface area (Å²) < 4.78 is 18.7. The monoisotopic (exact) mass is 742 g/mol. The third kappa shape index (κ3) is 5.19. The first kappa shape index (κ1) is 27.4. The standard InChI is InChI=1S/C37H30N4O.Pt/c1-5-27-20-29(41-26(4)37(25(3)39-41)28-11-7-6-8-12-28)22-31(21-27)42-30-15-16-33-32-13-9-10-14-34(32)40(35(33)23-30)36-19-24(2)17-18-38-36;/h6-21H,5H2,1-4H3;/q-2;+2/i9D;. The average Bonchev–Trinajstić information content (AvgIpc) is 3.49. The molecule has 0 amide bonds. The number of fused-ring (bicyclic) bond motifs is 3. The summed E-state index contributed by atoms with van der Waals surface area (Å²) in [6, 6.07) is 35.6. The predicted octanol–water partition coefficient (Wildman–Crippen LogP) is 8.91. The molecule has 0 spiro atoms. The predicted molar refractivity (Wildman–Crippen MR) is 169 cm³/mol. The maximum atomic E-state index is 8.23. The second-order valence-corrected chi connectivity index (χ2v) is 10.6. The Morgan fingerprint density at radius 1 is 0.860 bits per heavy atom. The molecule has 0 fully saturated rings. The maximum Gasteiger partial charge on any atom is 2.00 e. The Kier molecular flexibility index (Phi) is 7.42. The molecule has 0 aliphatic heterocycles. The summed E-state index contributed by atoms with van der Waals surface area (Å²) in [6.45, 7) is 8.32. The molecule has 3 aromatic heterocycles. The zero-order valence-corrected chi connectivity index (χ0v) is 26.7. The Balaban J connectivity index is 0.00000343. The van der Waals surface area contributed by atoms with Crippen molar-refractivity contribution >= 4 is 21.8 Å². The van der Waals surface area contributed by atoms with Crippen LogP contribution in [-0.2, 0) is 27.5 Å². The zero-order chi connectivity index (χ0) is 29.7. The van der Waals surface area contributed by atoms with Crippen molar-refractivity contribution in [3.8, 4) is 34.1 Å².